The van der Waals surface area contributed by atoms with E-state index in [0.29, 0.717) is 6.54 Å². The van der Waals surface area contributed by atoms with Gasteiger partial charge in [0.25, 0.3) is 5.91 Å². The van der Waals surface area contributed by atoms with Crippen molar-refractivity contribution < 1.29 is 13.6 Å². The molecule has 1 atom stereocenters. The maximum absolute atomic E-state index is 12.8. The molecule has 1 amide bonds. The molecule has 0 spiro atoms. The van der Waals surface area contributed by atoms with Crippen molar-refractivity contribution in [3.05, 3.63) is 0 Å². The summed E-state index contributed by atoms with van der Waals surface area (Å²) in [4.78, 5) is 11.0. The molecule has 2 N–H and O–H groups in total. The van der Waals surface area contributed by atoms with Crippen LogP contribution in [0, 0.1) is 0 Å². The van der Waals surface area contributed by atoms with Crippen LogP contribution in [0.25, 0.3) is 0 Å². The highest BCUT2D eigenvalue weighted by Gasteiger charge is 2.37. The number of rotatable bonds is 3. The number of halogens is 2. The van der Waals surface area contributed by atoms with Crippen molar-refractivity contribution in [3.8, 4) is 0 Å². The van der Waals surface area contributed by atoms with Gasteiger partial charge in [-0.1, -0.05) is 6.92 Å². The molecule has 0 saturated carbocycles. The van der Waals surface area contributed by atoms with Crippen LogP contribution in [0.15, 0.2) is 0 Å². The minimum absolute atomic E-state index is 0.134. The molecule has 1 saturated heterocycles. The van der Waals surface area contributed by atoms with Crippen molar-refractivity contribution in [1.29, 1.82) is 0 Å². The zero-order chi connectivity index (χ0) is 9.90. The van der Waals surface area contributed by atoms with Crippen LogP contribution in [0.2, 0.25) is 0 Å². The maximum atomic E-state index is 12.8. The van der Waals surface area contributed by atoms with Crippen molar-refractivity contribution >= 4 is 5.91 Å². The van der Waals surface area contributed by atoms with Gasteiger partial charge in [0.1, 0.15) is 0 Å². The van der Waals surface area contributed by atoms with Gasteiger partial charge in [-0.3, -0.25) is 4.79 Å². The van der Waals surface area contributed by atoms with E-state index in [1.165, 1.54) is 6.92 Å². The molecule has 1 unspecified atom stereocenters. The van der Waals surface area contributed by atoms with E-state index in [4.69, 9.17) is 0 Å². The number of nitrogens with one attached hydrogen (secondary N) is 2. The summed E-state index contributed by atoms with van der Waals surface area (Å²) in [5.74, 6) is -4.37. The van der Waals surface area contributed by atoms with E-state index in [-0.39, 0.29) is 6.04 Å². The number of hydrogen-bond acceptors (Lipinski definition) is 2. The van der Waals surface area contributed by atoms with Crippen LogP contribution < -0.4 is 10.6 Å². The Bertz CT molecular complexity index is 191. The lowest BCUT2D eigenvalue weighted by Crippen LogP contribution is -2.45. The highest BCUT2D eigenvalue weighted by atomic mass is 19.3. The second-order valence-electron chi connectivity index (χ2n) is 3.22. The number of alkyl halides is 2. The molecule has 0 aromatic heterocycles. The van der Waals surface area contributed by atoms with Crippen LogP contribution in [-0.2, 0) is 4.79 Å². The molecule has 1 heterocycles. The molecule has 0 aromatic carbocycles. The molecule has 1 aliphatic heterocycles. The third-order valence-corrected chi connectivity index (χ3v) is 2.17. The molecule has 1 fully saturated rings. The van der Waals surface area contributed by atoms with Crippen molar-refractivity contribution in [2.24, 2.45) is 0 Å². The summed E-state index contributed by atoms with van der Waals surface area (Å²) in [6, 6.07) is -0.134. The maximum Gasteiger partial charge on any atom is 0.324 e. The Morgan fingerprint density at radius 1 is 1.69 bits per heavy atom. The van der Waals surface area contributed by atoms with Gasteiger partial charge in [0.05, 0.1) is 0 Å². The van der Waals surface area contributed by atoms with Crippen molar-refractivity contribution in [2.45, 2.75) is 31.7 Å². The summed E-state index contributed by atoms with van der Waals surface area (Å²) in [5, 5.41) is 5.31. The van der Waals surface area contributed by atoms with E-state index in [1.807, 2.05) is 0 Å². The Labute approximate surface area is 75.9 Å². The number of carbonyl (C=O) groups excluding carboxylic acids is 1. The van der Waals surface area contributed by atoms with Crippen LogP contribution in [0.3, 0.4) is 0 Å². The van der Waals surface area contributed by atoms with E-state index in [1.54, 1.807) is 0 Å². The normalized spacial score (nSPS) is 23.2. The first-order valence-electron chi connectivity index (χ1n) is 4.46. The second-order valence-corrected chi connectivity index (χ2v) is 3.22. The highest BCUT2D eigenvalue weighted by molar-refractivity contribution is 5.83. The molecule has 13 heavy (non-hydrogen) atoms. The predicted molar refractivity (Wildman–Crippen MR) is 44.7 cm³/mol. The largest absolute Gasteiger partial charge is 0.347 e. The van der Waals surface area contributed by atoms with Crippen LogP contribution in [0.1, 0.15) is 19.8 Å². The van der Waals surface area contributed by atoms with E-state index < -0.39 is 18.3 Å². The quantitative estimate of drug-likeness (QED) is 0.684. The Morgan fingerprint density at radius 2 is 2.38 bits per heavy atom. The van der Waals surface area contributed by atoms with E-state index in [2.05, 4.69) is 10.6 Å². The van der Waals surface area contributed by atoms with Gasteiger partial charge in [0, 0.05) is 19.0 Å². The van der Waals surface area contributed by atoms with Crippen LogP contribution >= 0.6 is 0 Å². The summed E-state index contributed by atoms with van der Waals surface area (Å²) in [5.41, 5.74) is 0. The SMILES string of the molecule is CCC(F)(F)C(=O)NC1CCNC1. The van der Waals surface area contributed by atoms with Gasteiger partial charge >= 0.3 is 5.92 Å². The summed E-state index contributed by atoms with van der Waals surface area (Å²) >= 11 is 0. The zero-order valence-electron chi connectivity index (χ0n) is 7.57. The van der Waals surface area contributed by atoms with Crippen LogP contribution in [0.4, 0.5) is 8.78 Å². The molecule has 0 aromatic rings. The van der Waals surface area contributed by atoms with Gasteiger partial charge in [0.2, 0.25) is 0 Å². The minimum atomic E-state index is -3.22. The molecule has 1 aliphatic rings. The summed E-state index contributed by atoms with van der Waals surface area (Å²) in [7, 11) is 0. The lowest BCUT2D eigenvalue weighted by Gasteiger charge is -2.17. The highest BCUT2D eigenvalue weighted by Crippen LogP contribution is 2.18. The van der Waals surface area contributed by atoms with Gasteiger partial charge in [-0.25, -0.2) is 0 Å². The average Bonchev–Trinajstić information content (AvgIpc) is 2.57. The minimum Gasteiger partial charge on any atom is -0.347 e. The molecular formula is C8H14F2N2O. The molecule has 0 bridgehead atoms. The van der Waals surface area contributed by atoms with Crippen LogP contribution in [-0.4, -0.2) is 31.0 Å². The van der Waals surface area contributed by atoms with Crippen molar-refractivity contribution in [3.63, 3.8) is 0 Å². The van der Waals surface area contributed by atoms with E-state index in [9.17, 15) is 13.6 Å². The number of carbonyl (C=O) groups is 1. The van der Waals surface area contributed by atoms with Gasteiger partial charge in [-0.05, 0) is 13.0 Å². The fourth-order valence-corrected chi connectivity index (χ4v) is 1.23. The first kappa shape index (κ1) is 10.4. The van der Waals surface area contributed by atoms with Gasteiger partial charge in [-0.15, -0.1) is 0 Å². The lowest BCUT2D eigenvalue weighted by molar-refractivity contribution is -0.146. The zero-order valence-corrected chi connectivity index (χ0v) is 7.57. The summed E-state index contributed by atoms with van der Waals surface area (Å²) < 4.78 is 25.5. The molecule has 1 rings (SSSR count). The van der Waals surface area contributed by atoms with E-state index in [0.717, 1.165) is 13.0 Å². The van der Waals surface area contributed by atoms with Crippen molar-refractivity contribution in [2.75, 3.05) is 13.1 Å². The molecule has 0 aliphatic carbocycles. The third-order valence-electron chi connectivity index (χ3n) is 2.17. The molecule has 76 valence electrons. The first-order valence-corrected chi connectivity index (χ1v) is 4.46. The Kier molecular flexibility index (Phi) is 3.19. The van der Waals surface area contributed by atoms with Gasteiger partial charge in [0.15, 0.2) is 0 Å². The third kappa shape index (κ3) is 2.62. The first-order chi connectivity index (χ1) is 6.06. The number of hydrogen-bond donors (Lipinski definition) is 2. The van der Waals surface area contributed by atoms with Crippen LogP contribution in [0.5, 0.6) is 0 Å². The summed E-state index contributed by atoms with van der Waals surface area (Å²) in [6.07, 6.45) is 0.282. The fourth-order valence-electron chi connectivity index (χ4n) is 1.23. The van der Waals surface area contributed by atoms with Gasteiger partial charge in [-0.2, -0.15) is 8.78 Å². The smallest absolute Gasteiger partial charge is 0.324 e. The Hall–Kier alpha value is -0.710. The molecular weight excluding hydrogens is 178 g/mol. The van der Waals surface area contributed by atoms with Crippen molar-refractivity contribution in [1.82, 2.24) is 10.6 Å². The van der Waals surface area contributed by atoms with Gasteiger partial charge < -0.3 is 10.6 Å². The molecule has 0 radical (unpaired) electrons. The number of amides is 1. The fraction of sp³-hybridized carbons (Fsp3) is 0.875. The standard InChI is InChI=1S/C8H14F2N2O/c1-2-8(9,10)7(13)12-6-3-4-11-5-6/h6,11H,2-5H2,1H3,(H,12,13). The average molecular weight is 192 g/mol. The Balaban J connectivity index is 2.39. The second kappa shape index (κ2) is 4.00. The molecule has 5 heteroatoms. The monoisotopic (exact) mass is 192 g/mol. The molecule has 3 nitrogen and oxygen atoms in total. The summed E-state index contributed by atoms with van der Waals surface area (Å²) in [6.45, 7) is 2.67. The van der Waals surface area contributed by atoms with E-state index >= 15 is 0 Å². The topological polar surface area (TPSA) is 41.1 Å². The predicted octanol–water partition coefficient (Wildman–Crippen LogP) is 0.510. The Morgan fingerprint density at radius 3 is 2.85 bits per heavy atom. The lowest BCUT2D eigenvalue weighted by atomic mass is 10.2.